The van der Waals surface area contributed by atoms with Gasteiger partial charge in [0.05, 0.1) is 0 Å². The highest BCUT2D eigenvalue weighted by Crippen LogP contribution is 2.34. The number of fused-ring (bicyclic) bond motifs is 1. The molecule has 0 bridgehead atoms. The number of amides is 1. The fraction of sp³-hybridized carbons (Fsp3) is 0.647. The molecule has 120 valence electrons. The summed E-state index contributed by atoms with van der Waals surface area (Å²) < 4.78 is 0. The Hall–Kier alpha value is -1.46. The highest BCUT2D eigenvalue weighted by molar-refractivity contribution is 5.82. The SMILES string of the molecule is CC1CCC2NNC(C(=O)N(C)CCc3ccncc3)C2C1. The lowest BCUT2D eigenvalue weighted by Gasteiger charge is -2.32. The van der Waals surface area contributed by atoms with Crippen LogP contribution in [0, 0.1) is 11.8 Å². The maximum Gasteiger partial charge on any atom is 0.241 e. The van der Waals surface area contributed by atoms with Crippen molar-refractivity contribution in [1.82, 2.24) is 20.7 Å². The van der Waals surface area contributed by atoms with E-state index in [0.717, 1.165) is 25.3 Å². The molecule has 1 amide bonds. The number of hydrogen-bond acceptors (Lipinski definition) is 4. The smallest absolute Gasteiger partial charge is 0.241 e. The molecule has 22 heavy (non-hydrogen) atoms. The molecule has 5 heteroatoms. The number of hydrazine groups is 1. The number of nitrogens with zero attached hydrogens (tertiary/aromatic N) is 2. The van der Waals surface area contributed by atoms with Crippen LogP contribution in [0.25, 0.3) is 0 Å². The summed E-state index contributed by atoms with van der Waals surface area (Å²) in [7, 11) is 1.91. The number of hydrogen-bond donors (Lipinski definition) is 2. The predicted molar refractivity (Wildman–Crippen MR) is 85.9 cm³/mol. The number of rotatable bonds is 4. The van der Waals surface area contributed by atoms with Crippen molar-refractivity contribution in [2.24, 2.45) is 11.8 Å². The molecule has 0 radical (unpaired) electrons. The van der Waals surface area contributed by atoms with Gasteiger partial charge < -0.3 is 4.90 Å². The van der Waals surface area contributed by atoms with Gasteiger partial charge in [-0.15, -0.1) is 0 Å². The third kappa shape index (κ3) is 3.31. The predicted octanol–water partition coefficient (Wildman–Crippen LogP) is 1.36. The van der Waals surface area contributed by atoms with Gasteiger partial charge in [0.2, 0.25) is 5.91 Å². The van der Waals surface area contributed by atoms with Crippen LogP contribution < -0.4 is 10.9 Å². The molecule has 2 N–H and O–H groups in total. The van der Waals surface area contributed by atoms with Gasteiger partial charge in [0.15, 0.2) is 0 Å². The molecular formula is C17H26N4O. The molecule has 5 nitrogen and oxygen atoms in total. The Labute approximate surface area is 132 Å². The van der Waals surface area contributed by atoms with Crippen LogP contribution in [0.15, 0.2) is 24.5 Å². The van der Waals surface area contributed by atoms with Crippen molar-refractivity contribution in [2.75, 3.05) is 13.6 Å². The van der Waals surface area contributed by atoms with Crippen LogP contribution >= 0.6 is 0 Å². The lowest BCUT2D eigenvalue weighted by atomic mass is 9.76. The van der Waals surface area contributed by atoms with E-state index in [0.29, 0.717) is 12.0 Å². The molecule has 1 saturated carbocycles. The molecule has 1 aromatic rings. The summed E-state index contributed by atoms with van der Waals surface area (Å²) in [6, 6.07) is 4.40. The molecule has 3 rings (SSSR count). The van der Waals surface area contributed by atoms with Gasteiger partial charge in [-0.25, -0.2) is 5.43 Å². The fourth-order valence-electron chi connectivity index (χ4n) is 3.72. The number of aromatic nitrogens is 1. The van der Waals surface area contributed by atoms with Crippen molar-refractivity contribution in [3.63, 3.8) is 0 Å². The average Bonchev–Trinajstić information content (AvgIpc) is 2.95. The molecule has 1 aromatic heterocycles. The Morgan fingerprint density at radius 1 is 1.32 bits per heavy atom. The van der Waals surface area contributed by atoms with E-state index in [1.165, 1.54) is 18.4 Å². The average molecular weight is 302 g/mol. The molecule has 4 unspecified atom stereocenters. The van der Waals surface area contributed by atoms with Crippen LogP contribution in [0.2, 0.25) is 0 Å². The molecule has 1 aliphatic carbocycles. The van der Waals surface area contributed by atoms with Crippen molar-refractivity contribution in [3.05, 3.63) is 30.1 Å². The molecule has 0 aromatic carbocycles. The molecule has 1 aliphatic heterocycles. The van der Waals surface area contributed by atoms with Crippen molar-refractivity contribution in [2.45, 2.75) is 44.7 Å². The second-order valence-corrected chi connectivity index (χ2v) is 6.82. The topological polar surface area (TPSA) is 57.3 Å². The first-order valence-corrected chi connectivity index (χ1v) is 8.30. The quantitative estimate of drug-likeness (QED) is 0.882. The summed E-state index contributed by atoms with van der Waals surface area (Å²) in [5.74, 6) is 1.36. The van der Waals surface area contributed by atoms with Gasteiger partial charge in [0.1, 0.15) is 6.04 Å². The Bertz CT molecular complexity index is 507. The monoisotopic (exact) mass is 302 g/mol. The molecule has 2 heterocycles. The molecule has 2 aliphatic rings. The van der Waals surface area contributed by atoms with Crippen LogP contribution in [0.1, 0.15) is 31.7 Å². The van der Waals surface area contributed by atoms with E-state index in [-0.39, 0.29) is 11.9 Å². The summed E-state index contributed by atoms with van der Waals surface area (Å²) in [6.07, 6.45) is 8.04. The largest absolute Gasteiger partial charge is 0.344 e. The minimum Gasteiger partial charge on any atom is -0.344 e. The third-order valence-electron chi connectivity index (χ3n) is 5.14. The van der Waals surface area contributed by atoms with Crippen LogP contribution in [-0.2, 0) is 11.2 Å². The Morgan fingerprint density at radius 2 is 2.09 bits per heavy atom. The van der Waals surface area contributed by atoms with Crippen LogP contribution in [-0.4, -0.2) is 41.5 Å². The third-order valence-corrected chi connectivity index (χ3v) is 5.14. The number of carbonyl (C=O) groups is 1. The second kappa shape index (κ2) is 6.75. The van der Waals surface area contributed by atoms with Gasteiger partial charge in [0, 0.05) is 37.9 Å². The van der Waals surface area contributed by atoms with Crippen molar-refractivity contribution < 1.29 is 4.79 Å². The van der Waals surface area contributed by atoms with Crippen LogP contribution in [0.5, 0.6) is 0 Å². The first-order chi connectivity index (χ1) is 10.6. The normalized spacial score (nSPS) is 30.8. The van der Waals surface area contributed by atoms with E-state index in [4.69, 9.17) is 0 Å². The van der Waals surface area contributed by atoms with Gasteiger partial charge in [-0.3, -0.25) is 15.2 Å². The zero-order valence-corrected chi connectivity index (χ0v) is 13.5. The Kier molecular flexibility index (Phi) is 4.74. The first kappa shape index (κ1) is 15.4. The number of nitrogens with one attached hydrogen (secondary N) is 2. The summed E-state index contributed by atoms with van der Waals surface area (Å²) in [5, 5.41) is 0. The van der Waals surface area contributed by atoms with E-state index in [2.05, 4.69) is 22.8 Å². The zero-order chi connectivity index (χ0) is 15.5. The summed E-state index contributed by atoms with van der Waals surface area (Å²) in [5.41, 5.74) is 7.80. The van der Waals surface area contributed by atoms with Crippen molar-refractivity contribution in [1.29, 1.82) is 0 Å². The van der Waals surface area contributed by atoms with E-state index >= 15 is 0 Å². The highest BCUT2D eigenvalue weighted by Gasteiger charge is 2.43. The maximum atomic E-state index is 12.7. The van der Waals surface area contributed by atoms with Crippen molar-refractivity contribution >= 4 is 5.91 Å². The summed E-state index contributed by atoms with van der Waals surface area (Å²) >= 11 is 0. The van der Waals surface area contributed by atoms with Gasteiger partial charge in [-0.05, 0) is 49.3 Å². The molecule has 4 atom stereocenters. The summed E-state index contributed by atoms with van der Waals surface area (Å²) in [4.78, 5) is 18.6. The molecule has 1 saturated heterocycles. The number of carbonyl (C=O) groups excluding carboxylic acids is 1. The van der Waals surface area contributed by atoms with Crippen molar-refractivity contribution in [3.8, 4) is 0 Å². The minimum absolute atomic E-state index is 0.0739. The summed E-state index contributed by atoms with van der Waals surface area (Å²) in [6.45, 7) is 3.04. The lowest BCUT2D eigenvalue weighted by molar-refractivity contribution is -0.133. The second-order valence-electron chi connectivity index (χ2n) is 6.82. The first-order valence-electron chi connectivity index (χ1n) is 8.30. The Morgan fingerprint density at radius 3 is 2.86 bits per heavy atom. The number of pyridine rings is 1. The standard InChI is InChI=1S/C17H26N4O/c1-12-3-4-15-14(11-12)16(20-19-15)17(22)21(2)10-7-13-5-8-18-9-6-13/h5-6,8-9,12,14-16,19-20H,3-4,7,10-11H2,1-2H3. The fourth-order valence-corrected chi connectivity index (χ4v) is 3.72. The minimum atomic E-state index is -0.0739. The molecule has 0 spiro atoms. The van der Waals surface area contributed by atoms with Crippen LogP contribution in [0.3, 0.4) is 0 Å². The lowest BCUT2D eigenvalue weighted by Crippen LogP contribution is -2.47. The van der Waals surface area contributed by atoms with E-state index in [1.54, 1.807) is 12.4 Å². The molecule has 2 fully saturated rings. The van der Waals surface area contributed by atoms with Crippen LogP contribution in [0.4, 0.5) is 0 Å². The number of likely N-dealkylation sites (N-methyl/N-ethyl adjacent to an activating group) is 1. The van der Waals surface area contributed by atoms with E-state index < -0.39 is 0 Å². The molecular weight excluding hydrogens is 276 g/mol. The van der Waals surface area contributed by atoms with E-state index in [1.807, 2.05) is 24.1 Å². The van der Waals surface area contributed by atoms with E-state index in [9.17, 15) is 4.79 Å². The van der Waals surface area contributed by atoms with Gasteiger partial charge >= 0.3 is 0 Å². The van der Waals surface area contributed by atoms with Gasteiger partial charge in [-0.1, -0.05) is 6.92 Å². The maximum absolute atomic E-state index is 12.7. The highest BCUT2D eigenvalue weighted by atomic mass is 16.2. The van der Waals surface area contributed by atoms with Gasteiger partial charge in [0.25, 0.3) is 0 Å². The zero-order valence-electron chi connectivity index (χ0n) is 13.5. The van der Waals surface area contributed by atoms with Gasteiger partial charge in [-0.2, -0.15) is 0 Å². The Balaban J connectivity index is 1.56.